The average molecular weight is 476 g/mol. The van der Waals surface area contributed by atoms with Gasteiger partial charge >= 0.3 is 0 Å². The molecule has 0 radical (unpaired) electrons. The van der Waals surface area contributed by atoms with Crippen LogP contribution < -0.4 is 4.90 Å². The maximum atomic E-state index is 13.7. The molecule has 6 nitrogen and oxygen atoms in total. The highest BCUT2D eigenvalue weighted by molar-refractivity contribution is 6.37. The molecule has 0 saturated carbocycles. The van der Waals surface area contributed by atoms with Gasteiger partial charge in [-0.2, -0.15) is 0 Å². The van der Waals surface area contributed by atoms with Crippen LogP contribution in [-0.2, 0) is 14.3 Å². The van der Waals surface area contributed by atoms with Crippen LogP contribution in [0.1, 0.15) is 32.4 Å². The second-order valence-electron chi connectivity index (χ2n) is 8.52. The molecule has 3 atom stereocenters. The molecule has 34 heavy (non-hydrogen) atoms. The van der Waals surface area contributed by atoms with Crippen molar-refractivity contribution in [3.05, 3.63) is 100 Å². The Morgan fingerprint density at radius 3 is 1.97 bits per heavy atom. The molecule has 0 unspecified atom stereocenters. The first kappa shape index (κ1) is 20.9. The Hall–Kier alpha value is -3.68. The summed E-state index contributed by atoms with van der Waals surface area (Å²) in [5, 5.41) is 0.454. The number of rotatable bonds is 2. The molecule has 168 valence electrons. The van der Waals surface area contributed by atoms with Crippen molar-refractivity contribution in [2.45, 2.75) is 11.7 Å². The van der Waals surface area contributed by atoms with Gasteiger partial charge in [-0.15, -0.1) is 0 Å². The number of ether oxygens (including phenoxy) is 1. The molecule has 0 aromatic heterocycles. The topological polar surface area (TPSA) is 80.8 Å². The molecule has 1 aliphatic carbocycles. The predicted molar refractivity (Wildman–Crippen MR) is 119 cm³/mol. The minimum atomic E-state index is -2.15. The van der Waals surface area contributed by atoms with E-state index in [0.717, 1.165) is 17.0 Å². The van der Waals surface area contributed by atoms with Crippen molar-refractivity contribution in [2.24, 2.45) is 11.8 Å². The van der Waals surface area contributed by atoms with Gasteiger partial charge < -0.3 is 4.74 Å². The molecule has 2 fully saturated rings. The average Bonchev–Trinajstić information content (AvgIpc) is 3.40. The smallest absolute Gasteiger partial charge is 0.241 e. The van der Waals surface area contributed by atoms with Gasteiger partial charge in [0.25, 0.3) is 0 Å². The maximum absolute atomic E-state index is 13.7. The number of ketones is 2. The van der Waals surface area contributed by atoms with Crippen molar-refractivity contribution in [1.82, 2.24) is 0 Å². The first-order valence-electron chi connectivity index (χ1n) is 10.6. The highest BCUT2D eigenvalue weighted by atomic mass is 35.5. The normalized spacial score (nSPS) is 24.8. The molecule has 8 heteroatoms. The minimum Gasteiger partial charge on any atom is -0.349 e. The van der Waals surface area contributed by atoms with Crippen molar-refractivity contribution in [1.29, 1.82) is 0 Å². The first-order valence-corrected chi connectivity index (χ1v) is 11.0. The zero-order valence-electron chi connectivity index (χ0n) is 17.4. The summed E-state index contributed by atoms with van der Waals surface area (Å²) < 4.78 is 19.7. The summed E-state index contributed by atoms with van der Waals surface area (Å²) in [6.45, 7) is 0. The number of amides is 2. The summed E-state index contributed by atoms with van der Waals surface area (Å²) in [5.41, 5.74) is -1.17. The van der Waals surface area contributed by atoms with E-state index in [2.05, 4.69) is 0 Å². The summed E-state index contributed by atoms with van der Waals surface area (Å²) in [4.78, 5) is 55.6. The van der Waals surface area contributed by atoms with Gasteiger partial charge in [0.15, 0.2) is 0 Å². The Morgan fingerprint density at radius 1 is 0.794 bits per heavy atom. The molecule has 3 aromatic rings. The molecule has 0 bridgehead atoms. The van der Waals surface area contributed by atoms with Crippen LogP contribution in [0.5, 0.6) is 0 Å². The van der Waals surface area contributed by atoms with Gasteiger partial charge in [-0.05, 0) is 42.0 Å². The number of hydrogen-bond donors (Lipinski definition) is 0. The van der Waals surface area contributed by atoms with E-state index in [4.69, 9.17) is 16.3 Å². The van der Waals surface area contributed by atoms with E-state index in [-0.39, 0.29) is 16.8 Å². The lowest BCUT2D eigenvalue weighted by molar-refractivity contribution is -0.127. The molecule has 1 spiro atoms. The van der Waals surface area contributed by atoms with E-state index in [1.165, 1.54) is 24.3 Å². The van der Waals surface area contributed by atoms with Gasteiger partial charge in [0.2, 0.25) is 29.0 Å². The van der Waals surface area contributed by atoms with Gasteiger partial charge in [-0.1, -0.05) is 48.0 Å². The standard InChI is InChI=1S/C26H15ClFNO5/c27-14-7-5-13(6-8-14)21-19-20(25(33)29(24(19)32)16-11-9-15(28)10-12-16)26(34-21)22(30)17-3-1-2-4-18(17)23(26)31/h1-12,19-21H/t19-,20-,21+/m0/s1. The highest BCUT2D eigenvalue weighted by Crippen LogP contribution is 2.57. The van der Waals surface area contributed by atoms with E-state index in [1.54, 1.807) is 36.4 Å². The number of carbonyl (C=O) groups is 4. The van der Waals surface area contributed by atoms with Gasteiger partial charge in [-0.25, -0.2) is 9.29 Å². The summed E-state index contributed by atoms with van der Waals surface area (Å²) in [6.07, 6.45) is -1.04. The van der Waals surface area contributed by atoms with E-state index in [9.17, 15) is 23.6 Å². The predicted octanol–water partition coefficient (Wildman–Crippen LogP) is 4.17. The van der Waals surface area contributed by atoms with E-state index in [1.807, 2.05) is 0 Å². The van der Waals surface area contributed by atoms with Gasteiger partial charge in [0.05, 0.1) is 23.6 Å². The Labute approximate surface area is 197 Å². The number of imide groups is 1. The number of nitrogens with zero attached hydrogens (tertiary/aromatic N) is 1. The Balaban J connectivity index is 1.54. The van der Waals surface area contributed by atoms with Crippen LogP contribution in [0.3, 0.4) is 0 Å². The number of halogens is 2. The number of Topliss-reactive ketones (excluding diaryl/α,β-unsaturated/α-hetero) is 2. The van der Waals surface area contributed by atoms with Crippen LogP contribution >= 0.6 is 11.6 Å². The van der Waals surface area contributed by atoms with Crippen molar-refractivity contribution < 1.29 is 28.3 Å². The number of hydrogen-bond acceptors (Lipinski definition) is 5. The SMILES string of the molecule is O=C1[C@@H]2[C@@H](c3ccc(Cl)cc3)OC3(C(=O)c4ccccc4C3=O)[C@@H]2C(=O)N1c1ccc(F)cc1. The number of anilines is 1. The zero-order valence-corrected chi connectivity index (χ0v) is 18.2. The third kappa shape index (κ3) is 2.59. The van der Waals surface area contributed by atoms with Crippen LogP contribution in [0.25, 0.3) is 0 Å². The van der Waals surface area contributed by atoms with Crippen LogP contribution in [-0.4, -0.2) is 29.0 Å². The fraction of sp³-hybridized carbons (Fsp3) is 0.154. The molecular weight excluding hydrogens is 461 g/mol. The maximum Gasteiger partial charge on any atom is 0.241 e. The summed E-state index contributed by atoms with van der Waals surface area (Å²) in [6, 6.07) is 17.6. The lowest BCUT2D eigenvalue weighted by Gasteiger charge is -2.27. The van der Waals surface area contributed by atoms with Crippen LogP contribution in [0.4, 0.5) is 10.1 Å². The van der Waals surface area contributed by atoms with E-state index in [0.29, 0.717) is 10.6 Å². The van der Waals surface area contributed by atoms with E-state index >= 15 is 0 Å². The van der Waals surface area contributed by atoms with Crippen molar-refractivity contribution >= 4 is 40.7 Å². The third-order valence-electron chi connectivity index (χ3n) is 6.80. The summed E-state index contributed by atoms with van der Waals surface area (Å²) in [5.74, 6) is -5.64. The third-order valence-corrected chi connectivity index (χ3v) is 7.05. The number of carbonyl (C=O) groups excluding carboxylic acids is 4. The second kappa shape index (κ2) is 7.16. The van der Waals surface area contributed by atoms with Gasteiger partial charge in [-0.3, -0.25) is 19.2 Å². The lowest BCUT2D eigenvalue weighted by Crippen LogP contribution is -2.51. The van der Waals surface area contributed by atoms with Crippen LogP contribution in [0, 0.1) is 17.7 Å². The van der Waals surface area contributed by atoms with Crippen LogP contribution in [0.15, 0.2) is 72.8 Å². The molecule has 2 amide bonds. The first-order chi connectivity index (χ1) is 16.3. The van der Waals surface area contributed by atoms with Crippen molar-refractivity contribution in [2.75, 3.05) is 4.90 Å². The van der Waals surface area contributed by atoms with Crippen LogP contribution in [0.2, 0.25) is 5.02 Å². The molecule has 2 aliphatic heterocycles. The van der Waals surface area contributed by atoms with Gasteiger partial charge in [0.1, 0.15) is 5.82 Å². The second-order valence-corrected chi connectivity index (χ2v) is 8.96. The highest BCUT2D eigenvalue weighted by Gasteiger charge is 2.74. The Kier molecular flexibility index (Phi) is 4.40. The monoisotopic (exact) mass is 475 g/mol. The Bertz CT molecular complexity index is 1370. The van der Waals surface area contributed by atoms with Crippen molar-refractivity contribution in [3.63, 3.8) is 0 Å². The number of fused-ring (bicyclic) bond motifs is 3. The molecule has 2 heterocycles. The molecule has 0 N–H and O–H groups in total. The summed E-state index contributed by atoms with van der Waals surface area (Å²) in [7, 11) is 0. The Morgan fingerprint density at radius 2 is 1.38 bits per heavy atom. The fourth-order valence-electron chi connectivity index (χ4n) is 5.32. The molecule has 3 aliphatic rings. The lowest BCUT2D eigenvalue weighted by atomic mass is 9.77. The minimum absolute atomic E-state index is 0.156. The number of benzene rings is 3. The van der Waals surface area contributed by atoms with Crippen molar-refractivity contribution in [3.8, 4) is 0 Å². The largest absolute Gasteiger partial charge is 0.349 e. The molecular formula is C26H15ClFNO5. The molecule has 6 rings (SSSR count). The van der Waals surface area contributed by atoms with E-state index < -0.39 is 52.7 Å². The quantitative estimate of drug-likeness (QED) is 0.410. The van der Waals surface area contributed by atoms with Gasteiger partial charge in [0, 0.05) is 16.1 Å². The fourth-order valence-corrected chi connectivity index (χ4v) is 5.44. The molecule has 3 aromatic carbocycles. The molecule has 2 saturated heterocycles. The zero-order chi connectivity index (χ0) is 23.8. The summed E-state index contributed by atoms with van der Waals surface area (Å²) >= 11 is 6.02.